The van der Waals surface area contributed by atoms with Gasteiger partial charge in [-0.25, -0.2) is 4.98 Å². The average Bonchev–Trinajstić information content (AvgIpc) is 3.19. The molecule has 0 fully saturated rings. The minimum absolute atomic E-state index is 0.138. The molecule has 0 aliphatic rings. The van der Waals surface area contributed by atoms with Gasteiger partial charge in [-0.15, -0.1) is 0 Å². The van der Waals surface area contributed by atoms with Crippen LogP contribution in [-0.4, -0.2) is 22.6 Å². The van der Waals surface area contributed by atoms with Crippen molar-refractivity contribution >= 4 is 12.0 Å². The number of nitrogens with zero attached hydrogens (tertiary/aromatic N) is 2. The second-order valence-corrected chi connectivity index (χ2v) is 6.35. The predicted octanol–water partition coefficient (Wildman–Crippen LogP) is 3.58. The summed E-state index contributed by atoms with van der Waals surface area (Å²) in [4.78, 5) is 16.1. The average molecular weight is 361 g/mol. The number of carbonyl (C=O) groups is 1. The summed E-state index contributed by atoms with van der Waals surface area (Å²) in [6.07, 6.45) is 8.80. The van der Waals surface area contributed by atoms with Gasteiger partial charge in [0.15, 0.2) is 0 Å². The molecule has 3 rings (SSSR count). The summed E-state index contributed by atoms with van der Waals surface area (Å²) in [7, 11) is 1.62. The van der Waals surface area contributed by atoms with Crippen LogP contribution in [-0.2, 0) is 17.9 Å². The van der Waals surface area contributed by atoms with Gasteiger partial charge in [-0.05, 0) is 36.3 Å². The summed E-state index contributed by atoms with van der Waals surface area (Å²) < 4.78 is 7.34. The Hall–Kier alpha value is -3.34. The van der Waals surface area contributed by atoms with Crippen LogP contribution in [0.1, 0.15) is 22.3 Å². The van der Waals surface area contributed by atoms with Gasteiger partial charge in [-0.1, -0.05) is 35.9 Å². The van der Waals surface area contributed by atoms with Crippen LogP contribution in [0.5, 0.6) is 5.75 Å². The van der Waals surface area contributed by atoms with Crippen molar-refractivity contribution < 1.29 is 9.53 Å². The van der Waals surface area contributed by atoms with E-state index in [4.69, 9.17) is 4.74 Å². The Morgan fingerprint density at radius 1 is 1.19 bits per heavy atom. The molecule has 0 atom stereocenters. The molecule has 0 aliphatic heterocycles. The third-order valence-corrected chi connectivity index (χ3v) is 4.21. The van der Waals surface area contributed by atoms with Crippen LogP contribution in [0.2, 0.25) is 0 Å². The summed E-state index contributed by atoms with van der Waals surface area (Å²) in [6.45, 7) is 3.28. The van der Waals surface area contributed by atoms with Crippen molar-refractivity contribution in [2.45, 2.75) is 20.0 Å². The van der Waals surface area contributed by atoms with E-state index < -0.39 is 0 Å². The fourth-order valence-electron chi connectivity index (χ4n) is 2.75. The second kappa shape index (κ2) is 8.85. The first-order valence-corrected chi connectivity index (χ1v) is 8.78. The molecule has 5 nitrogen and oxygen atoms in total. The summed E-state index contributed by atoms with van der Waals surface area (Å²) >= 11 is 0. The van der Waals surface area contributed by atoms with Crippen LogP contribution in [0.15, 0.2) is 67.3 Å². The zero-order valence-electron chi connectivity index (χ0n) is 15.6. The van der Waals surface area contributed by atoms with E-state index in [2.05, 4.69) is 22.4 Å². The molecule has 1 N–H and O–H groups in total. The number of aryl methyl sites for hydroxylation is 1. The van der Waals surface area contributed by atoms with Crippen molar-refractivity contribution in [2.24, 2.45) is 0 Å². The molecule has 0 aliphatic carbocycles. The maximum Gasteiger partial charge on any atom is 0.244 e. The summed E-state index contributed by atoms with van der Waals surface area (Å²) in [5.41, 5.74) is 4.25. The predicted molar refractivity (Wildman–Crippen MR) is 106 cm³/mol. The summed E-state index contributed by atoms with van der Waals surface area (Å²) in [6, 6.07) is 14.1. The molecule has 0 saturated carbocycles. The van der Waals surface area contributed by atoms with Gasteiger partial charge in [0.05, 0.1) is 13.4 Å². The van der Waals surface area contributed by atoms with E-state index in [0.717, 1.165) is 29.0 Å². The van der Waals surface area contributed by atoms with Crippen LogP contribution in [0.4, 0.5) is 0 Å². The first-order chi connectivity index (χ1) is 13.1. The van der Waals surface area contributed by atoms with Crippen molar-refractivity contribution in [2.75, 3.05) is 7.11 Å². The highest BCUT2D eigenvalue weighted by molar-refractivity contribution is 5.92. The smallest absolute Gasteiger partial charge is 0.244 e. The number of hydrogen-bond donors (Lipinski definition) is 1. The third-order valence-electron chi connectivity index (χ3n) is 4.21. The number of carbonyl (C=O) groups excluding carboxylic acids is 1. The van der Waals surface area contributed by atoms with E-state index in [1.165, 1.54) is 11.6 Å². The molecular weight excluding hydrogens is 338 g/mol. The van der Waals surface area contributed by atoms with Gasteiger partial charge in [0.1, 0.15) is 5.75 Å². The first-order valence-electron chi connectivity index (χ1n) is 8.78. The number of methoxy groups -OCH3 is 1. The van der Waals surface area contributed by atoms with E-state index in [0.29, 0.717) is 6.54 Å². The van der Waals surface area contributed by atoms with Gasteiger partial charge in [-0.2, -0.15) is 0 Å². The van der Waals surface area contributed by atoms with Gasteiger partial charge < -0.3 is 14.6 Å². The number of ether oxygens (including phenoxy) is 1. The maximum atomic E-state index is 12.1. The Balaban J connectivity index is 1.54. The molecule has 0 bridgehead atoms. The standard InChI is InChI=1S/C22H23N3O2/c1-17-3-9-21(27-2)20(13-17)8-10-22(26)24-14-18-4-6-19(7-5-18)15-25-12-11-23-16-25/h3-13,16H,14-15H2,1-2H3,(H,24,26)/b10-8+. The van der Waals surface area contributed by atoms with Crippen LogP contribution >= 0.6 is 0 Å². The Morgan fingerprint density at radius 3 is 2.67 bits per heavy atom. The minimum atomic E-state index is -0.138. The highest BCUT2D eigenvalue weighted by Gasteiger charge is 2.02. The Bertz CT molecular complexity index is 913. The fraction of sp³-hybridized carbons (Fsp3) is 0.182. The van der Waals surface area contributed by atoms with Crippen LogP contribution in [0, 0.1) is 6.92 Å². The molecule has 1 aromatic heterocycles. The normalized spacial score (nSPS) is 10.9. The number of rotatable bonds is 7. The highest BCUT2D eigenvalue weighted by Crippen LogP contribution is 2.20. The Labute approximate surface area is 159 Å². The largest absolute Gasteiger partial charge is 0.496 e. The van der Waals surface area contributed by atoms with Crippen molar-refractivity contribution in [1.29, 1.82) is 0 Å². The molecule has 0 saturated heterocycles. The molecular formula is C22H23N3O2. The maximum absolute atomic E-state index is 12.1. The van der Waals surface area contributed by atoms with Gasteiger partial charge in [0.25, 0.3) is 0 Å². The molecule has 3 aromatic rings. The summed E-state index contributed by atoms with van der Waals surface area (Å²) in [5.74, 6) is 0.610. The number of nitrogens with one attached hydrogen (secondary N) is 1. The molecule has 5 heteroatoms. The number of benzene rings is 2. The van der Waals surface area contributed by atoms with E-state index >= 15 is 0 Å². The monoisotopic (exact) mass is 361 g/mol. The van der Waals surface area contributed by atoms with Crippen molar-refractivity contribution in [1.82, 2.24) is 14.9 Å². The molecule has 138 valence electrons. The second-order valence-electron chi connectivity index (χ2n) is 6.35. The molecule has 0 spiro atoms. The quantitative estimate of drug-likeness (QED) is 0.655. The molecule has 0 unspecified atom stereocenters. The SMILES string of the molecule is COc1ccc(C)cc1/C=C/C(=O)NCc1ccc(Cn2ccnc2)cc1. The first kappa shape index (κ1) is 18.5. The van der Waals surface area contributed by atoms with Crippen LogP contribution in [0.25, 0.3) is 6.08 Å². The zero-order valence-corrected chi connectivity index (χ0v) is 15.6. The lowest BCUT2D eigenvalue weighted by atomic mass is 10.1. The minimum Gasteiger partial charge on any atom is -0.496 e. The summed E-state index contributed by atoms with van der Waals surface area (Å²) in [5, 5.41) is 2.90. The van der Waals surface area contributed by atoms with E-state index in [1.54, 1.807) is 25.7 Å². The van der Waals surface area contributed by atoms with Gasteiger partial charge in [0.2, 0.25) is 5.91 Å². The Morgan fingerprint density at radius 2 is 1.96 bits per heavy atom. The number of aromatic nitrogens is 2. The van der Waals surface area contributed by atoms with E-state index in [9.17, 15) is 4.79 Å². The van der Waals surface area contributed by atoms with E-state index in [1.807, 2.05) is 48.0 Å². The molecule has 1 heterocycles. The molecule has 1 amide bonds. The van der Waals surface area contributed by atoms with Crippen molar-refractivity contribution in [3.63, 3.8) is 0 Å². The molecule has 0 radical (unpaired) electrons. The van der Waals surface area contributed by atoms with Crippen molar-refractivity contribution in [3.05, 3.63) is 89.5 Å². The van der Waals surface area contributed by atoms with Crippen molar-refractivity contribution in [3.8, 4) is 5.75 Å². The lowest BCUT2D eigenvalue weighted by molar-refractivity contribution is -0.116. The zero-order chi connectivity index (χ0) is 19.1. The van der Waals surface area contributed by atoms with Crippen LogP contribution in [0.3, 0.4) is 0 Å². The lowest BCUT2D eigenvalue weighted by Gasteiger charge is -2.07. The van der Waals surface area contributed by atoms with Gasteiger partial charge >= 0.3 is 0 Å². The number of hydrogen-bond acceptors (Lipinski definition) is 3. The number of imidazole rings is 1. The third kappa shape index (κ3) is 5.31. The lowest BCUT2D eigenvalue weighted by Crippen LogP contribution is -2.20. The highest BCUT2D eigenvalue weighted by atomic mass is 16.5. The Kier molecular flexibility index (Phi) is 6.05. The van der Waals surface area contributed by atoms with Gasteiger partial charge in [-0.3, -0.25) is 4.79 Å². The number of amides is 1. The van der Waals surface area contributed by atoms with E-state index in [-0.39, 0.29) is 5.91 Å². The molecule has 27 heavy (non-hydrogen) atoms. The molecule has 2 aromatic carbocycles. The van der Waals surface area contributed by atoms with Gasteiger partial charge in [0, 0.05) is 37.1 Å². The fourth-order valence-corrected chi connectivity index (χ4v) is 2.75. The van der Waals surface area contributed by atoms with Crippen LogP contribution < -0.4 is 10.1 Å². The topological polar surface area (TPSA) is 56.1 Å².